The highest BCUT2D eigenvalue weighted by atomic mass is 35.5. The van der Waals surface area contributed by atoms with Gasteiger partial charge in [-0.2, -0.15) is 5.10 Å². The van der Waals surface area contributed by atoms with Crippen LogP contribution in [0.25, 0.3) is 0 Å². The van der Waals surface area contributed by atoms with E-state index in [0.29, 0.717) is 16.4 Å². The summed E-state index contributed by atoms with van der Waals surface area (Å²) in [5.41, 5.74) is 3.56. The minimum atomic E-state index is -0.167. The van der Waals surface area contributed by atoms with Crippen LogP contribution in [-0.2, 0) is 6.54 Å². The minimum Gasteiger partial charge on any atom is -0.268 e. The third-order valence-corrected chi connectivity index (χ3v) is 4.64. The minimum absolute atomic E-state index is 0.167. The first-order chi connectivity index (χ1) is 11.6. The van der Waals surface area contributed by atoms with Gasteiger partial charge in [-0.15, -0.1) is 0 Å². The molecule has 2 aromatic carbocycles. The van der Waals surface area contributed by atoms with E-state index in [1.165, 1.54) is 16.3 Å². The van der Waals surface area contributed by atoms with Gasteiger partial charge in [-0.1, -0.05) is 71.8 Å². The van der Waals surface area contributed by atoms with Gasteiger partial charge in [-0.05, 0) is 24.1 Å². The molecule has 0 unspecified atom stereocenters. The second-order valence-electron chi connectivity index (χ2n) is 5.49. The summed E-state index contributed by atoms with van der Waals surface area (Å²) in [6.45, 7) is 2.34. The number of halogens is 1. The molecule has 3 aromatic rings. The summed E-state index contributed by atoms with van der Waals surface area (Å²) in [6, 6.07) is 16.8. The second-order valence-corrected chi connectivity index (χ2v) is 6.28. The van der Waals surface area contributed by atoms with Crippen molar-refractivity contribution in [3.05, 3.63) is 98.4 Å². The number of aryl methyl sites for hydroxylation is 1. The number of rotatable bonds is 4. The molecular weight excluding hydrogens is 340 g/mol. The molecule has 120 valence electrons. The van der Waals surface area contributed by atoms with Gasteiger partial charge in [0.1, 0.15) is 0 Å². The van der Waals surface area contributed by atoms with Gasteiger partial charge < -0.3 is 0 Å². The zero-order valence-electron chi connectivity index (χ0n) is 13.1. The SMILES string of the molecule is Cc1ccc(C(=S)c2cccc(Cn3ncccc3=O)c2Cl)cc1. The van der Waals surface area contributed by atoms with E-state index in [1.54, 1.807) is 12.3 Å². The zero-order valence-corrected chi connectivity index (χ0v) is 14.6. The van der Waals surface area contributed by atoms with Crippen LogP contribution >= 0.6 is 23.8 Å². The summed E-state index contributed by atoms with van der Waals surface area (Å²) < 4.78 is 1.37. The summed E-state index contributed by atoms with van der Waals surface area (Å²) in [4.78, 5) is 12.5. The van der Waals surface area contributed by atoms with Gasteiger partial charge in [-0.25, -0.2) is 4.68 Å². The topological polar surface area (TPSA) is 34.9 Å². The van der Waals surface area contributed by atoms with E-state index in [9.17, 15) is 4.79 Å². The number of hydrogen-bond acceptors (Lipinski definition) is 3. The molecule has 0 bridgehead atoms. The lowest BCUT2D eigenvalue weighted by Gasteiger charge is -2.12. The standard InChI is InChI=1S/C19H15ClN2OS/c1-13-7-9-14(10-8-13)19(24)16-5-2-4-15(18(16)20)12-22-17(23)6-3-11-21-22/h2-11H,12H2,1H3. The van der Waals surface area contributed by atoms with E-state index >= 15 is 0 Å². The molecule has 0 fully saturated rings. The van der Waals surface area contributed by atoms with Crippen LogP contribution in [0.15, 0.2) is 65.6 Å². The Hall–Kier alpha value is -2.30. The predicted octanol–water partition coefficient (Wildman–Crippen LogP) is 4.02. The molecule has 5 heteroatoms. The van der Waals surface area contributed by atoms with Crippen molar-refractivity contribution in [2.45, 2.75) is 13.5 Å². The fourth-order valence-corrected chi connectivity index (χ4v) is 3.05. The number of hydrogen-bond donors (Lipinski definition) is 0. The molecule has 3 rings (SSSR count). The van der Waals surface area contributed by atoms with E-state index in [4.69, 9.17) is 23.8 Å². The van der Waals surface area contributed by atoms with Crippen LogP contribution in [0.1, 0.15) is 22.3 Å². The fourth-order valence-electron chi connectivity index (χ4n) is 2.41. The van der Waals surface area contributed by atoms with Crippen molar-refractivity contribution in [1.29, 1.82) is 0 Å². The molecular formula is C19H15ClN2OS. The normalized spacial score (nSPS) is 10.6. The molecule has 0 radical (unpaired) electrons. The van der Waals surface area contributed by atoms with Crippen molar-refractivity contribution in [1.82, 2.24) is 9.78 Å². The van der Waals surface area contributed by atoms with E-state index in [2.05, 4.69) is 5.10 Å². The maximum absolute atomic E-state index is 11.8. The number of thiocarbonyl (C=S) groups is 1. The van der Waals surface area contributed by atoms with Gasteiger partial charge in [0, 0.05) is 17.8 Å². The van der Waals surface area contributed by atoms with Crippen molar-refractivity contribution in [2.24, 2.45) is 0 Å². The molecule has 1 heterocycles. The second kappa shape index (κ2) is 7.07. The van der Waals surface area contributed by atoms with E-state index < -0.39 is 0 Å². The lowest BCUT2D eigenvalue weighted by atomic mass is 10.0. The van der Waals surface area contributed by atoms with Crippen molar-refractivity contribution in [2.75, 3.05) is 0 Å². The Morgan fingerprint density at radius 1 is 1.12 bits per heavy atom. The van der Waals surface area contributed by atoms with Crippen LogP contribution in [0, 0.1) is 6.92 Å². The van der Waals surface area contributed by atoms with E-state index in [-0.39, 0.29) is 5.56 Å². The molecule has 0 saturated heterocycles. The van der Waals surface area contributed by atoms with Crippen molar-refractivity contribution < 1.29 is 0 Å². The van der Waals surface area contributed by atoms with E-state index in [0.717, 1.165) is 16.7 Å². The summed E-state index contributed by atoms with van der Waals surface area (Å²) in [5, 5.41) is 4.63. The lowest BCUT2D eigenvalue weighted by molar-refractivity contribution is 0.639. The Kier molecular flexibility index (Phi) is 4.88. The first-order valence-electron chi connectivity index (χ1n) is 7.47. The van der Waals surface area contributed by atoms with Crippen molar-refractivity contribution in [3.63, 3.8) is 0 Å². The third-order valence-electron chi connectivity index (χ3n) is 3.74. The van der Waals surface area contributed by atoms with Gasteiger partial charge in [0.05, 0.1) is 16.4 Å². The van der Waals surface area contributed by atoms with Crippen molar-refractivity contribution >= 4 is 28.7 Å². The third kappa shape index (κ3) is 3.45. The quantitative estimate of drug-likeness (QED) is 0.524. The van der Waals surface area contributed by atoms with Crippen molar-refractivity contribution in [3.8, 4) is 0 Å². The highest BCUT2D eigenvalue weighted by Gasteiger charge is 2.13. The van der Waals surface area contributed by atoms with Crippen LogP contribution < -0.4 is 5.56 Å². The maximum atomic E-state index is 11.8. The number of benzene rings is 2. The average molecular weight is 355 g/mol. The molecule has 3 nitrogen and oxygen atoms in total. The molecule has 0 atom stereocenters. The number of aromatic nitrogens is 2. The first kappa shape index (κ1) is 16.6. The molecule has 0 N–H and O–H groups in total. The molecule has 24 heavy (non-hydrogen) atoms. The highest BCUT2D eigenvalue weighted by Crippen LogP contribution is 2.25. The van der Waals surface area contributed by atoms with Gasteiger partial charge >= 0.3 is 0 Å². The summed E-state index contributed by atoms with van der Waals surface area (Å²) in [5.74, 6) is 0. The number of nitrogens with zero attached hydrogens (tertiary/aromatic N) is 2. The molecule has 0 amide bonds. The van der Waals surface area contributed by atoms with E-state index in [1.807, 2.05) is 49.4 Å². The van der Waals surface area contributed by atoms with Crippen LogP contribution in [-0.4, -0.2) is 14.6 Å². The molecule has 0 aliphatic carbocycles. The van der Waals surface area contributed by atoms with Gasteiger partial charge in [0.15, 0.2) is 0 Å². The molecule has 0 spiro atoms. The smallest absolute Gasteiger partial charge is 0.267 e. The Bertz CT molecular complexity index is 948. The predicted molar refractivity (Wildman–Crippen MR) is 101 cm³/mol. The van der Waals surface area contributed by atoms with Crippen LogP contribution in [0.3, 0.4) is 0 Å². The molecule has 0 saturated carbocycles. The van der Waals surface area contributed by atoms with Gasteiger partial charge in [0.2, 0.25) is 0 Å². The molecule has 0 aliphatic heterocycles. The average Bonchev–Trinajstić information content (AvgIpc) is 2.59. The summed E-state index contributed by atoms with van der Waals surface area (Å²) in [6.07, 6.45) is 1.58. The molecule has 1 aromatic heterocycles. The van der Waals surface area contributed by atoms with Crippen LogP contribution in [0.5, 0.6) is 0 Å². The first-order valence-corrected chi connectivity index (χ1v) is 8.26. The highest BCUT2D eigenvalue weighted by molar-refractivity contribution is 7.81. The Morgan fingerprint density at radius 2 is 1.88 bits per heavy atom. The summed E-state index contributed by atoms with van der Waals surface area (Å²) >= 11 is 12.2. The molecule has 0 aliphatic rings. The Labute approximate surface area is 150 Å². The fraction of sp³-hybridized carbons (Fsp3) is 0.105. The van der Waals surface area contributed by atoms with Gasteiger partial charge in [0.25, 0.3) is 5.56 Å². The Balaban J connectivity index is 1.96. The largest absolute Gasteiger partial charge is 0.268 e. The lowest BCUT2D eigenvalue weighted by Crippen LogP contribution is -2.22. The van der Waals surface area contributed by atoms with Crippen LogP contribution in [0.4, 0.5) is 0 Å². The van der Waals surface area contributed by atoms with Crippen LogP contribution in [0.2, 0.25) is 5.02 Å². The summed E-state index contributed by atoms with van der Waals surface area (Å²) in [7, 11) is 0. The maximum Gasteiger partial charge on any atom is 0.267 e. The zero-order chi connectivity index (χ0) is 17.1. The monoisotopic (exact) mass is 354 g/mol. The van der Waals surface area contributed by atoms with Gasteiger partial charge in [-0.3, -0.25) is 4.79 Å². The Morgan fingerprint density at radius 3 is 2.58 bits per heavy atom.